The largest absolute Gasteiger partial charge is 0.449 e. The van der Waals surface area contributed by atoms with Crippen LogP contribution in [0.4, 0.5) is 4.79 Å². The fourth-order valence-corrected chi connectivity index (χ4v) is 3.46. The van der Waals surface area contributed by atoms with Crippen molar-refractivity contribution in [2.24, 2.45) is 0 Å². The normalized spacial score (nSPS) is 13.9. The van der Waals surface area contributed by atoms with E-state index in [1.54, 1.807) is 33.8 Å². The molecule has 1 aliphatic rings. The minimum atomic E-state index is -0.378. The van der Waals surface area contributed by atoms with E-state index in [1.165, 1.54) is 6.92 Å². The second kappa shape index (κ2) is 8.10. The number of hydrogen-bond donors (Lipinski definition) is 0. The molecular weight excluding hydrogens is 377 g/mol. The summed E-state index contributed by atoms with van der Waals surface area (Å²) < 4.78 is 7.18. The van der Waals surface area contributed by atoms with Crippen LogP contribution in [0.1, 0.15) is 35.1 Å². The number of amides is 1. The van der Waals surface area contributed by atoms with Gasteiger partial charge in [0.2, 0.25) is 0 Å². The zero-order valence-corrected chi connectivity index (χ0v) is 15.9. The molecule has 0 fully saturated rings. The molecule has 1 aliphatic heterocycles. The number of hydrogen-bond acceptors (Lipinski definition) is 4. The van der Waals surface area contributed by atoms with Gasteiger partial charge in [-0.3, -0.25) is 9.48 Å². The molecule has 26 heavy (non-hydrogen) atoms. The summed E-state index contributed by atoms with van der Waals surface area (Å²) in [5.74, 6) is -0.0834. The van der Waals surface area contributed by atoms with Crippen LogP contribution in [0.15, 0.2) is 24.3 Å². The van der Waals surface area contributed by atoms with Crippen LogP contribution in [-0.2, 0) is 24.2 Å². The average molecular weight is 396 g/mol. The van der Waals surface area contributed by atoms with Gasteiger partial charge in [-0.05, 0) is 36.2 Å². The highest BCUT2D eigenvalue weighted by Gasteiger charge is 2.22. The van der Waals surface area contributed by atoms with Gasteiger partial charge in [-0.25, -0.2) is 4.79 Å². The minimum absolute atomic E-state index is 0.0834. The fraction of sp³-hybridized carbons (Fsp3) is 0.389. The smallest absolute Gasteiger partial charge is 0.410 e. The van der Waals surface area contributed by atoms with Crippen LogP contribution in [0.25, 0.3) is 0 Å². The van der Waals surface area contributed by atoms with Gasteiger partial charge in [-0.1, -0.05) is 23.2 Å². The van der Waals surface area contributed by atoms with Gasteiger partial charge in [0.25, 0.3) is 0 Å². The van der Waals surface area contributed by atoms with Crippen molar-refractivity contribution >= 4 is 35.1 Å². The van der Waals surface area contributed by atoms with E-state index in [-0.39, 0.29) is 18.5 Å². The highest BCUT2D eigenvalue weighted by Crippen LogP contribution is 2.20. The van der Waals surface area contributed by atoms with Gasteiger partial charge >= 0.3 is 6.09 Å². The first-order chi connectivity index (χ1) is 12.4. The summed E-state index contributed by atoms with van der Waals surface area (Å²) in [5.41, 5.74) is 2.18. The Morgan fingerprint density at radius 1 is 1.15 bits per heavy atom. The van der Waals surface area contributed by atoms with Crippen molar-refractivity contribution in [2.45, 2.75) is 32.9 Å². The van der Waals surface area contributed by atoms with Crippen LogP contribution in [0.2, 0.25) is 10.0 Å². The quantitative estimate of drug-likeness (QED) is 0.734. The molecule has 0 atom stereocenters. The molecule has 0 saturated heterocycles. The lowest BCUT2D eigenvalue weighted by Crippen LogP contribution is -2.31. The third kappa shape index (κ3) is 4.56. The van der Waals surface area contributed by atoms with Crippen molar-refractivity contribution in [1.82, 2.24) is 14.7 Å². The number of Topliss-reactive ketones (excluding diaryl/α,β-unsaturated/α-hetero) is 1. The topological polar surface area (TPSA) is 64.4 Å². The first-order valence-corrected chi connectivity index (χ1v) is 9.12. The Bertz CT molecular complexity index is 815. The third-order valence-electron chi connectivity index (χ3n) is 4.17. The van der Waals surface area contributed by atoms with Crippen molar-refractivity contribution in [3.05, 3.63) is 51.3 Å². The number of ether oxygens (including phenoxy) is 1. The van der Waals surface area contributed by atoms with Crippen LogP contribution in [0.5, 0.6) is 0 Å². The van der Waals surface area contributed by atoms with Crippen molar-refractivity contribution in [3.8, 4) is 0 Å². The lowest BCUT2D eigenvalue weighted by Gasteiger charge is -2.19. The maximum Gasteiger partial charge on any atom is 0.410 e. The molecule has 0 aliphatic carbocycles. The number of carbonyl (C=O) groups excluding carboxylic acids is 2. The lowest BCUT2D eigenvalue weighted by molar-refractivity contribution is 0.101. The third-order valence-corrected chi connectivity index (χ3v) is 4.61. The molecule has 0 spiro atoms. The highest BCUT2D eigenvalue weighted by molar-refractivity contribution is 6.34. The van der Waals surface area contributed by atoms with E-state index in [0.717, 1.165) is 17.7 Å². The summed E-state index contributed by atoms with van der Waals surface area (Å²) in [6.07, 6.45) is 0.911. The maximum atomic E-state index is 12.4. The number of aryl methyl sites for hydroxylation is 1. The molecule has 1 aromatic carbocycles. The van der Waals surface area contributed by atoms with E-state index in [1.807, 2.05) is 0 Å². The molecule has 6 nitrogen and oxygen atoms in total. The van der Waals surface area contributed by atoms with E-state index < -0.39 is 0 Å². The Morgan fingerprint density at radius 2 is 1.88 bits per heavy atom. The lowest BCUT2D eigenvalue weighted by atomic mass is 10.2. The summed E-state index contributed by atoms with van der Waals surface area (Å²) in [6, 6.07) is 7.00. The first kappa shape index (κ1) is 18.7. The maximum absolute atomic E-state index is 12.4. The van der Waals surface area contributed by atoms with E-state index in [9.17, 15) is 9.59 Å². The summed E-state index contributed by atoms with van der Waals surface area (Å²) >= 11 is 11.9. The second-order valence-electron chi connectivity index (χ2n) is 6.22. The summed E-state index contributed by atoms with van der Waals surface area (Å²) in [5, 5.41) is 5.40. The SMILES string of the molecule is CC(=O)c1cc2n(n1)CCCN(C(=O)OCCc1cc(Cl)cc(Cl)c1)C2. The average Bonchev–Trinajstić information content (AvgIpc) is 2.86. The summed E-state index contributed by atoms with van der Waals surface area (Å²) in [7, 11) is 0. The van der Waals surface area contributed by atoms with E-state index in [2.05, 4.69) is 5.10 Å². The van der Waals surface area contributed by atoms with Crippen LogP contribution in [-0.4, -0.2) is 39.7 Å². The van der Waals surface area contributed by atoms with Gasteiger partial charge in [0.1, 0.15) is 5.69 Å². The number of nitrogens with zero attached hydrogens (tertiary/aromatic N) is 3. The van der Waals surface area contributed by atoms with Gasteiger partial charge < -0.3 is 9.64 Å². The Hall–Kier alpha value is -2.05. The molecule has 0 saturated carbocycles. The molecule has 0 bridgehead atoms. The monoisotopic (exact) mass is 395 g/mol. The van der Waals surface area contributed by atoms with Gasteiger partial charge in [0.15, 0.2) is 5.78 Å². The predicted octanol–water partition coefficient (Wildman–Crippen LogP) is 3.98. The number of halogens is 2. The molecule has 3 rings (SSSR count). The minimum Gasteiger partial charge on any atom is -0.449 e. The van der Waals surface area contributed by atoms with Crippen LogP contribution < -0.4 is 0 Å². The molecule has 0 radical (unpaired) electrons. The standard InChI is InChI=1S/C18H19Cl2N3O3/c1-12(24)17-10-16-11-22(4-2-5-23(16)21-17)18(25)26-6-3-13-7-14(19)9-15(20)8-13/h7-10H,2-6,11H2,1H3. The van der Waals surface area contributed by atoms with Gasteiger partial charge in [-0.15, -0.1) is 0 Å². The molecule has 2 aromatic rings. The zero-order valence-electron chi connectivity index (χ0n) is 14.4. The predicted molar refractivity (Wildman–Crippen MR) is 98.8 cm³/mol. The highest BCUT2D eigenvalue weighted by atomic mass is 35.5. The Balaban J connectivity index is 1.58. The van der Waals surface area contributed by atoms with Gasteiger partial charge in [0.05, 0.1) is 18.8 Å². The molecule has 0 unspecified atom stereocenters. The van der Waals surface area contributed by atoms with E-state index in [0.29, 0.717) is 41.8 Å². The van der Waals surface area contributed by atoms with E-state index >= 15 is 0 Å². The number of benzene rings is 1. The Morgan fingerprint density at radius 3 is 2.58 bits per heavy atom. The molecule has 0 N–H and O–H groups in total. The second-order valence-corrected chi connectivity index (χ2v) is 7.09. The van der Waals surface area contributed by atoms with Crippen LogP contribution >= 0.6 is 23.2 Å². The zero-order chi connectivity index (χ0) is 18.7. The summed E-state index contributed by atoms with van der Waals surface area (Å²) in [4.78, 5) is 25.5. The molecular formula is C18H19Cl2N3O3. The number of rotatable bonds is 4. The van der Waals surface area contributed by atoms with Gasteiger partial charge in [0, 0.05) is 36.5 Å². The Labute approximate surface area is 161 Å². The van der Waals surface area contributed by atoms with Gasteiger partial charge in [-0.2, -0.15) is 5.10 Å². The van der Waals surface area contributed by atoms with Crippen LogP contribution in [0.3, 0.4) is 0 Å². The summed E-state index contributed by atoms with van der Waals surface area (Å²) in [6.45, 7) is 3.36. The van der Waals surface area contributed by atoms with E-state index in [4.69, 9.17) is 27.9 Å². The number of ketones is 1. The number of aromatic nitrogens is 2. The van der Waals surface area contributed by atoms with Crippen molar-refractivity contribution in [2.75, 3.05) is 13.2 Å². The van der Waals surface area contributed by atoms with Crippen LogP contribution in [0, 0.1) is 0 Å². The molecule has 1 amide bonds. The Kier molecular flexibility index (Phi) is 5.84. The van der Waals surface area contributed by atoms with Crippen molar-refractivity contribution in [1.29, 1.82) is 0 Å². The number of fused-ring (bicyclic) bond motifs is 1. The van der Waals surface area contributed by atoms with Crippen molar-refractivity contribution in [3.63, 3.8) is 0 Å². The number of carbonyl (C=O) groups is 2. The molecule has 1 aromatic heterocycles. The first-order valence-electron chi connectivity index (χ1n) is 8.37. The fourth-order valence-electron chi connectivity index (χ4n) is 2.89. The molecule has 2 heterocycles. The van der Waals surface area contributed by atoms with Crippen molar-refractivity contribution < 1.29 is 14.3 Å². The molecule has 8 heteroatoms. The molecule has 138 valence electrons.